The maximum Gasteiger partial charge on any atom is 0.230 e. The number of morpholine rings is 1. The van der Waals surface area contributed by atoms with Crippen LogP contribution in [0, 0.1) is 5.82 Å². The Morgan fingerprint density at radius 2 is 2.00 bits per heavy atom. The number of benzene rings is 1. The summed E-state index contributed by atoms with van der Waals surface area (Å²) >= 11 is 0. The summed E-state index contributed by atoms with van der Waals surface area (Å²) in [6.07, 6.45) is 0. The van der Waals surface area contributed by atoms with E-state index in [9.17, 15) is 14.3 Å². The highest BCUT2D eigenvalue weighted by Crippen LogP contribution is 2.24. The van der Waals surface area contributed by atoms with Crippen molar-refractivity contribution in [3.05, 3.63) is 35.6 Å². The average molecular weight is 338 g/mol. The molecule has 5 nitrogen and oxygen atoms in total. The quantitative estimate of drug-likeness (QED) is 0.821. The first-order valence-corrected chi connectivity index (χ1v) is 8.27. The van der Waals surface area contributed by atoms with Gasteiger partial charge in [-0.1, -0.05) is 12.1 Å². The Hall–Kier alpha value is -1.50. The number of nitrogens with one attached hydrogen (secondary N) is 1. The highest BCUT2D eigenvalue weighted by atomic mass is 19.1. The van der Waals surface area contributed by atoms with Crippen LogP contribution in [0.4, 0.5) is 4.39 Å². The van der Waals surface area contributed by atoms with Crippen molar-refractivity contribution in [1.29, 1.82) is 0 Å². The SMILES string of the molecule is CC(O)(CNC(=O)C(C)(C)c1cccc(F)c1)CN1CCOCC1. The van der Waals surface area contributed by atoms with Crippen LogP contribution in [0.2, 0.25) is 0 Å². The maximum absolute atomic E-state index is 13.4. The number of β-amino-alcohol motifs (C(OH)–C–C–N with tert-alkyl or cyclic N) is 1. The Balaban J connectivity index is 1.93. The fourth-order valence-electron chi connectivity index (χ4n) is 2.80. The van der Waals surface area contributed by atoms with Gasteiger partial charge in [0.15, 0.2) is 0 Å². The lowest BCUT2D eigenvalue weighted by atomic mass is 9.83. The van der Waals surface area contributed by atoms with Crippen molar-refractivity contribution in [2.45, 2.75) is 31.8 Å². The van der Waals surface area contributed by atoms with Gasteiger partial charge in [-0.15, -0.1) is 0 Å². The Kier molecular flexibility index (Phi) is 5.96. The summed E-state index contributed by atoms with van der Waals surface area (Å²) in [5.41, 5.74) is -1.31. The second-order valence-electron chi connectivity index (χ2n) is 7.20. The van der Waals surface area contributed by atoms with Crippen LogP contribution in [0.1, 0.15) is 26.3 Å². The molecule has 6 heteroatoms. The molecule has 1 fully saturated rings. The molecule has 0 saturated carbocycles. The fourth-order valence-corrected chi connectivity index (χ4v) is 2.80. The van der Waals surface area contributed by atoms with Gasteiger partial charge in [0.1, 0.15) is 5.82 Å². The third-order valence-electron chi connectivity index (χ3n) is 4.41. The lowest BCUT2D eigenvalue weighted by Gasteiger charge is -2.34. The first-order chi connectivity index (χ1) is 11.2. The molecule has 1 aromatic rings. The van der Waals surface area contributed by atoms with Crippen LogP contribution >= 0.6 is 0 Å². The second-order valence-corrected chi connectivity index (χ2v) is 7.20. The summed E-state index contributed by atoms with van der Waals surface area (Å²) in [5.74, 6) is -0.608. The van der Waals surface area contributed by atoms with Crippen LogP contribution < -0.4 is 5.32 Å². The van der Waals surface area contributed by atoms with E-state index in [1.54, 1.807) is 32.9 Å². The zero-order chi connectivity index (χ0) is 17.8. The number of halogens is 1. The van der Waals surface area contributed by atoms with E-state index < -0.39 is 11.0 Å². The number of carbonyl (C=O) groups is 1. The second kappa shape index (κ2) is 7.59. The zero-order valence-corrected chi connectivity index (χ0v) is 14.6. The molecule has 0 bridgehead atoms. The van der Waals surface area contributed by atoms with Crippen molar-refractivity contribution in [2.24, 2.45) is 0 Å². The summed E-state index contributed by atoms with van der Waals surface area (Å²) in [7, 11) is 0. The Morgan fingerprint density at radius 3 is 2.62 bits per heavy atom. The molecule has 1 saturated heterocycles. The molecule has 1 unspecified atom stereocenters. The molecule has 0 radical (unpaired) electrons. The summed E-state index contributed by atoms with van der Waals surface area (Å²) in [6, 6.07) is 6.04. The van der Waals surface area contributed by atoms with Gasteiger partial charge in [-0.3, -0.25) is 9.69 Å². The van der Waals surface area contributed by atoms with Gasteiger partial charge < -0.3 is 15.2 Å². The van der Waals surface area contributed by atoms with E-state index in [0.29, 0.717) is 25.3 Å². The molecular weight excluding hydrogens is 311 g/mol. The highest BCUT2D eigenvalue weighted by molar-refractivity contribution is 5.87. The molecule has 1 atom stereocenters. The minimum absolute atomic E-state index is 0.141. The number of amides is 1. The van der Waals surface area contributed by atoms with Crippen molar-refractivity contribution in [3.8, 4) is 0 Å². The monoisotopic (exact) mass is 338 g/mol. The lowest BCUT2D eigenvalue weighted by molar-refractivity contribution is -0.127. The average Bonchev–Trinajstić information content (AvgIpc) is 2.53. The minimum Gasteiger partial charge on any atom is -0.387 e. The molecule has 0 aromatic heterocycles. The molecule has 24 heavy (non-hydrogen) atoms. The van der Waals surface area contributed by atoms with Crippen molar-refractivity contribution in [1.82, 2.24) is 10.2 Å². The molecule has 0 aliphatic carbocycles. The lowest BCUT2D eigenvalue weighted by Crippen LogP contribution is -2.53. The van der Waals surface area contributed by atoms with E-state index >= 15 is 0 Å². The zero-order valence-electron chi connectivity index (χ0n) is 14.6. The number of hydrogen-bond donors (Lipinski definition) is 2. The molecule has 1 aliphatic heterocycles. The number of rotatable bonds is 6. The number of carbonyl (C=O) groups excluding carboxylic acids is 1. The van der Waals surface area contributed by atoms with E-state index in [1.165, 1.54) is 12.1 Å². The third kappa shape index (κ3) is 5.00. The van der Waals surface area contributed by atoms with Gasteiger partial charge in [0, 0.05) is 26.2 Å². The van der Waals surface area contributed by atoms with Gasteiger partial charge in [0.25, 0.3) is 0 Å². The molecule has 1 aliphatic rings. The molecule has 2 N–H and O–H groups in total. The van der Waals surface area contributed by atoms with Crippen LogP contribution in [-0.2, 0) is 14.9 Å². The van der Waals surface area contributed by atoms with E-state index in [2.05, 4.69) is 10.2 Å². The van der Waals surface area contributed by atoms with E-state index in [-0.39, 0.29) is 18.3 Å². The molecule has 134 valence electrons. The predicted molar refractivity (Wildman–Crippen MR) is 90.3 cm³/mol. The minimum atomic E-state index is -1.04. The van der Waals surface area contributed by atoms with E-state index in [1.807, 2.05) is 0 Å². The summed E-state index contributed by atoms with van der Waals surface area (Å²) in [6.45, 7) is 8.68. The Bertz CT molecular complexity index is 569. The van der Waals surface area contributed by atoms with Crippen molar-refractivity contribution in [3.63, 3.8) is 0 Å². The van der Waals surface area contributed by atoms with E-state index in [0.717, 1.165) is 13.1 Å². The van der Waals surface area contributed by atoms with Gasteiger partial charge in [-0.25, -0.2) is 4.39 Å². The Morgan fingerprint density at radius 1 is 1.33 bits per heavy atom. The van der Waals surface area contributed by atoms with Crippen LogP contribution in [0.25, 0.3) is 0 Å². The molecule has 1 aromatic carbocycles. The van der Waals surface area contributed by atoms with Crippen molar-refractivity contribution >= 4 is 5.91 Å². The van der Waals surface area contributed by atoms with Gasteiger partial charge in [0.2, 0.25) is 5.91 Å². The molecule has 1 heterocycles. The van der Waals surface area contributed by atoms with Gasteiger partial charge in [-0.2, -0.15) is 0 Å². The first-order valence-electron chi connectivity index (χ1n) is 8.27. The van der Waals surface area contributed by atoms with Gasteiger partial charge in [-0.05, 0) is 38.5 Å². The van der Waals surface area contributed by atoms with Crippen LogP contribution in [0.5, 0.6) is 0 Å². The van der Waals surface area contributed by atoms with Crippen LogP contribution in [-0.4, -0.2) is 60.9 Å². The number of ether oxygens (including phenoxy) is 1. The van der Waals surface area contributed by atoms with Gasteiger partial charge in [0.05, 0.1) is 24.2 Å². The summed E-state index contributed by atoms with van der Waals surface area (Å²) < 4.78 is 18.7. The normalized spacial score (nSPS) is 18.9. The molecule has 0 spiro atoms. The van der Waals surface area contributed by atoms with Crippen LogP contribution in [0.3, 0.4) is 0 Å². The summed E-state index contributed by atoms with van der Waals surface area (Å²) in [5, 5.41) is 13.3. The molecule has 1 amide bonds. The maximum atomic E-state index is 13.4. The fraction of sp³-hybridized carbons (Fsp3) is 0.611. The van der Waals surface area contributed by atoms with Crippen molar-refractivity contribution in [2.75, 3.05) is 39.4 Å². The first kappa shape index (κ1) is 18.8. The Labute approximate surface area is 142 Å². The largest absolute Gasteiger partial charge is 0.387 e. The standard InChI is InChI=1S/C18H27FN2O3/c1-17(2,14-5-4-6-15(19)11-14)16(22)20-12-18(3,23)13-21-7-9-24-10-8-21/h4-6,11,23H,7-10,12-13H2,1-3H3,(H,20,22). The van der Waals surface area contributed by atoms with Crippen LogP contribution in [0.15, 0.2) is 24.3 Å². The highest BCUT2D eigenvalue weighted by Gasteiger charge is 2.32. The van der Waals surface area contributed by atoms with Crippen molar-refractivity contribution < 1.29 is 19.0 Å². The van der Waals surface area contributed by atoms with Gasteiger partial charge >= 0.3 is 0 Å². The van der Waals surface area contributed by atoms with E-state index in [4.69, 9.17) is 4.74 Å². The number of aliphatic hydroxyl groups is 1. The summed E-state index contributed by atoms with van der Waals surface area (Å²) in [4.78, 5) is 14.7. The number of nitrogens with zero attached hydrogens (tertiary/aromatic N) is 1. The topological polar surface area (TPSA) is 61.8 Å². The predicted octanol–water partition coefficient (Wildman–Crippen LogP) is 1.30. The molecular formula is C18H27FN2O3. The third-order valence-corrected chi connectivity index (χ3v) is 4.41. The smallest absolute Gasteiger partial charge is 0.230 e. The number of hydrogen-bond acceptors (Lipinski definition) is 4. The molecule has 2 rings (SSSR count).